The minimum absolute atomic E-state index is 0.0315. The Morgan fingerprint density at radius 2 is 1.28 bits per heavy atom. The van der Waals surface area contributed by atoms with Crippen molar-refractivity contribution >= 4 is 70.9 Å². The largest absolute Gasteiger partial charge is 0.482 e. The number of Topliss-reactive ketones (excluding diaryl/α,β-unsaturated/α-hetero) is 1. The molecule has 69 heavy (non-hydrogen) atoms. The lowest BCUT2D eigenvalue weighted by Gasteiger charge is -2.25. The third-order valence-electron chi connectivity index (χ3n) is 9.98. The van der Waals surface area contributed by atoms with E-state index in [0.29, 0.717) is 12.1 Å². The molecule has 1 rings (SSSR count). The lowest BCUT2D eigenvalue weighted by atomic mass is 10.0. The van der Waals surface area contributed by atoms with Crippen molar-refractivity contribution in [2.45, 2.75) is 115 Å². The third kappa shape index (κ3) is 32.4. The number of aliphatic carboxylic acids is 3. The number of ketones is 1. The van der Waals surface area contributed by atoms with Gasteiger partial charge in [0.1, 0.15) is 24.4 Å². The standard InChI is InChI=1S/C45H72N8O15S/c1-30(42(63)49-20-21-66-22-23-67-26-37(55)48-18-10-8-6-4-3-5-7-9-13-39(57)58)28-69-29-38(56)51-34(12-11-19-50-45(46)47)43(64)53-36(44(65)52-35(31(2)54)25-40(59)60)24-32-14-16-33(17-15-32)68-27-41(61)62/h14-17,30,34-36H,3-13,18-29H2,1-2H3,(H,48,55)(H,49,63)(H,51,56)(H,52,65)(H,53,64)(H,57,58)(H,59,60)(H,61,62)(H4,46,47,50)/t30-,34-,35-,36-/m0/s1. The highest BCUT2D eigenvalue weighted by Gasteiger charge is 2.30. The van der Waals surface area contributed by atoms with Gasteiger partial charge in [-0.25, -0.2) is 4.79 Å². The molecule has 0 aliphatic rings. The molecule has 24 heteroatoms. The maximum Gasteiger partial charge on any atom is 0.341 e. The van der Waals surface area contributed by atoms with Gasteiger partial charge in [-0.15, -0.1) is 0 Å². The van der Waals surface area contributed by atoms with Crippen LogP contribution in [-0.4, -0.2) is 157 Å². The monoisotopic (exact) mass is 996 g/mol. The van der Waals surface area contributed by atoms with Gasteiger partial charge in [-0.05, 0) is 50.3 Å². The Morgan fingerprint density at radius 3 is 1.90 bits per heavy atom. The molecule has 0 saturated heterocycles. The Kier molecular flexibility index (Phi) is 32.7. The molecule has 0 radical (unpaired) electrons. The van der Waals surface area contributed by atoms with Gasteiger partial charge in [-0.1, -0.05) is 57.6 Å². The molecule has 5 amide bonds. The summed E-state index contributed by atoms with van der Waals surface area (Å²) < 4.78 is 16.0. The number of benzene rings is 1. The molecule has 0 bridgehead atoms. The Labute approximate surface area is 406 Å². The average molecular weight is 997 g/mol. The van der Waals surface area contributed by atoms with E-state index >= 15 is 0 Å². The second-order valence-corrected chi connectivity index (χ2v) is 17.2. The summed E-state index contributed by atoms with van der Waals surface area (Å²) in [6.07, 6.45) is 7.40. The molecule has 388 valence electrons. The number of unbranched alkanes of at least 4 members (excludes halogenated alkanes) is 7. The maximum atomic E-state index is 13.8. The number of carboxylic acids is 3. The molecule has 0 aliphatic heterocycles. The first-order chi connectivity index (χ1) is 32.9. The van der Waals surface area contributed by atoms with Crippen molar-refractivity contribution in [1.29, 1.82) is 0 Å². The van der Waals surface area contributed by atoms with Crippen molar-refractivity contribution in [2.75, 3.05) is 64.2 Å². The Bertz CT molecular complexity index is 1800. The van der Waals surface area contributed by atoms with Crippen LogP contribution in [0.25, 0.3) is 0 Å². The molecule has 1 aromatic rings. The number of nitrogens with one attached hydrogen (secondary N) is 5. The van der Waals surface area contributed by atoms with E-state index in [9.17, 15) is 48.3 Å². The number of guanidine groups is 1. The van der Waals surface area contributed by atoms with E-state index in [1.54, 1.807) is 6.92 Å². The highest BCUT2D eigenvalue weighted by molar-refractivity contribution is 7.99. The number of hydrogen-bond acceptors (Lipinski definition) is 14. The average Bonchev–Trinajstić information content (AvgIpc) is 3.28. The van der Waals surface area contributed by atoms with E-state index in [1.165, 1.54) is 24.3 Å². The SMILES string of the molecule is CC(=O)[C@H](CC(=O)O)NC(=O)[C@H](Cc1ccc(OCC(=O)O)cc1)NC(=O)[C@H](CCCN=C(N)N)NC(=O)CSC[C@H](C)C(=O)NCCOCCOCC(=O)NCCCCCCCCCCC(=O)O. The molecule has 0 heterocycles. The van der Waals surface area contributed by atoms with Crippen LogP contribution in [0.3, 0.4) is 0 Å². The molecule has 0 saturated carbocycles. The third-order valence-corrected chi connectivity index (χ3v) is 11.2. The van der Waals surface area contributed by atoms with Crippen molar-refractivity contribution in [3.8, 4) is 5.75 Å². The molecular weight excluding hydrogens is 925 g/mol. The second kappa shape index (κ2) is 37.0. The van der Waals surface area contributed by atoms with Crippen molar-refractivity contribution in [1.82, 2.24) is 26.6 Å². The normalized spacial score (nSPS) is 12.6. The summed E-state index contributed by atoms with van der Waals surface area (Å²) in [5.74, 6) is -6.95. The molecule has 0 aromatic heterocycles. The zero-order valence-electron chi connectivity index (χ0n) is 39.6. The molecule has 0 aliphatic carbocycles. The fraction of sp³-hybridized carbons (Fsp3) is 0.644. The maximum absolute atomic E-state index is 13.8. The van der Waals surface area contributed by atoms with E-state index in [1.807, 2.05) is 0 Å². The highest BCUT2D eigenvalue weighted by Crippen LogP contribution is 2.15. The van der Waals surface area contributed by atoms with Gasteiger partial charge < -0.3 is 67.6 Å². The first kappa shape index (κ1) is 61.0. The van der Waals surface area contributed by atoms with Gasteiger partial charge in [0.05, 0.1) is 38.0 Å². The number of carbonyl (C=O) groups excluding carboxylic acids is 6. The zero-order chi connectivity index (χ0) is 51.4. The summed E-state index contributed by atoms with van der Waals surface area (Å²) in [6, 6.07) is 1.99. The fourth-order valence-corrected chi connectivity index (χ4v) is 7.18. The van der Waals surface area contributed by atoms with Crippen LogP contribution in [0, 0.1) is 5.92 Å². The van der Waals surface area contributed by atoms with Crippen molar-refractivity contribution in [3.63, 3.8) is 0 Å². The van der Waals surface area contributed by atoms with Crippen molar-refractivity contribution in [3.05, 3.63) is 29.8 Å². The summed E-state index contributed by atoms with van der Waals surface area (Å²) in [5.41, 5.74) is 11.3. The highest BCUT2D eigenvalue weighted by atomic mass is 32.2. The minimum atomic E-state index is -1.40. The molecule has 23 nitrogen and oxygen atoms in total. The lowest BCUT2D eigenvalue weighted by Crippen LogP contribution is -2.56. The molecule has 0 fully saturated rings. The molecule has 4 atom stereocenters. The van der Waals surface area contributed by atoms with Crippen LogP contribution in [0.15, 0.2) is 29.3 Å². The topological polar surface area (TPSA) is 367 Å². The number of amides is 5. The van der Waals surface area contributed by atoms with Crippen LogP contribution < -0.4 is 42.8 Å². The van der Waals surface area contributed by atoms with Gasteiger partial charge >= 0.3 is 17.9 Å². The number of thioether (sulfide) groups is 1. The van der Waals surface area contributed by atoms with Gasteiger partial charge in [-0.3, -0.25) is 43.3 Å². The van der Waals surface area contributed by atoms with Crippen LogP contribution in [-0.2, 0) is 59.0 Å². The minimum Gasteiger partial charge on any atom is -0.482 e. The van der Waals surface area contributed by atoms with Crippen LogP contribution >= 0.6 is 11.8 Å². The van der Waals surface area contributed by atoms with Crippen molar-refractivity contribution in [2.24, 2.45) is 22.4 Å². The van der Waals surface area contributed by atoms with Gasteiger partial charge in [0, 0.05) is 44.1 Å². The lowest BCUT2D eigenvalue weighted by molar-refractivity contribution is -0.140. The Morgan fingerprint density at radius 1 is 0.652 bits per heavy atom. The van der Waals surface area contributed by atoms with Crippen LogP contribution in [0.2, 0.25) is 0 Å². The Hall–Kier alpha value is -6.01. The van der Waals surface area contributed by atoms with Gasteiger partial charge in [0.2, 0.25) is 29.5 Å². The van der Waals surface area contributed by atoms with E-state index < -0.39 is 78.5 Å². The molecular formula is C45H72N8O15S. The predicted octanol–water partition coefficient (Wildman–Crippen LogP) is 0.495. The smallest absolute Gasteiger partial charge is 0.341 e. The van der Waals surface area contributed by atoms with E-state index in [4.69, 9.17) is 35.9 Å². The summed E-state index contributed by atoms with van der Waals surface area (Å²) >= 11 is 1.15. The number of carboxylic acid groups (broad SMARTS) is 3. The van der Waals surface area contributed by atoms with Crippen LogP contribution in [0.5, 0.6) is 5.75 Å². The van der Waals surface area contributed by atoms with E-state index in [-0.39, 0.29) is 100 Å². The first-order valence-electron chi connectivity index (χ1n) is 23.0. The van der Waals surface area contributed by atoms with E-state index in [2.05, 4.69) is 31.6 Å². The molecule has 12 N–H and O–H groups in total. The summed E-state index contributed by atoms with van der Waals surface area (Å²) in [4.78, 5) is 114. The predicted molar refractivity (Wildman–Crippen MR) is 255 cm³/mol. The molecule has 0 unspecified atom stereocenters. The molecule has 1 aromatic carbocycles. The Balaban J connectivity index is 2.60. The number of ether oxygens (including phenoxy) is 3. The molecule has 0 spiro atoms. The quantitative estimate of drug-likeness (QED) is 0.0242. The van der Waals surface area contributed by atoms with Crippen LogP contribution in [0.4, 0.5) is 0 Å². The number of carbonyl (C=O) groups is 9. The van der Waals surface area contributed by atoms with E-state index in [0.717, 1.165) is 70.1 Å². The van der Waals surface area contributed by atoms with Gasteiger partial charge in [0.25, 0.3) is 0 Å². The van der Waals surface area contributed by atoms with Crippen LogP contribution in [0.1, 0.15) is 96.5 Å². The second-order valence-electron chi connectivity index (χ2n) is 16.1. The zero-order valence-corrected chi connectivity index (χ0v) is 40.4. The number of hydrogen-bond donors (Lipinski definition) is 10. The van der Waals surface area contributed by atoms with Gasteiger partial charge in [0.15, 0.2) is 18.3 Å². The number of rotatable bonds is 41. The summed E-state index contributed by atoms with van der Waals surface area (Å²) in [6.45, 7) is 3.62. The fourth-order valence-electron chi connectivity index (χ4n) is 6.29. The number of aliphatic imine (C=N–C) groups is 1. The number of nitrogens with two attached hydrogens (primary N) is 2. The van der Waals surface area contributed by atoms with Gasteiger partial charge in [-0.2, -0.15) is 11.8 Å². The summed E-state index contributed by atoms with van der Waals surface area (Å²) in [7, 11) is 0. The summed E-state index contributed by atoms with van der Waals surface area (Å²) in [5, 5.41) is 40.1. The van der Waals surface area contributed by atoms with Crippen molar-refractivity contribution < 1.29 is 72.7 Å². The first-order valence-corrected chi connectivity index (χ1v) is 24.1. The number of nitrogens with zero attached hydrogens (tertiary/aromatic N) is 1.